The molecule has 0 spiro atoms. The number of hydrogen-bond acceptors (Lipinski definition) is 2. The van der Waals surface area contributed by atoms with Crippen LogP contribution in [-0.4, -0.2) is 8.90 Å². The minimum atomic E-state index is -1.89. The van der Waals surface area contributed by atoms with Crippen LogP contribution in [0.2, 0.25) is 0 Å². The summed E-state index contributed by atoms with van der Waals surface area (Å²) in [6, 6.07) is 8.05. The highest BCUT2D eigenvalue weighted by atomic mass is 35.6. The molecule has 2 aromatic rings. The third-order valence-corrected chi connectivity index (χ3v) is 4.97. The average Bonchev–Trinajstić information content (AvgIpc) is 2.69. The Hall–Kier alpha value is -0.390. The number of anilines is 1. The molecule has 112 valence electrons. The van der Waals surface area contributed by atoms with Gasteiger partial charge in [-0.15, -0.1) is 11.3 Å². The Morgan fingerprint density at radius 1 is 1.24 bits per heavy atom. The topological polar surface area (TPSA) is 3.24 Å². The lowest BCUT2D eigenvalue weighted by Gasteiger charge is -2.31. The fraction of sp³-hybridized carbons (Fsp3) is 0.214. The van der Waals surface area contributed by atoms with Crippen molar-refractivity contribution in [1.82, 2.24) is 0 Å². The van der Waals surface area contributed by atoms with E-state index < -0.39 is 9.73 Å². The van der Waals surface area contributed by atoms with Gasteiger partial charge in [0.1, 0.15) is 10.8 Å². The maximum atomic E-state index is 14.1. The first-order valence-corrected chi connectivity index (χ1v) is 8.30. The van der Waals surface area contributed by atoms with Gasteiger partial charge in [-0.3, -0.25) is 4.90 Å². The SMILES string of the molecule is Cc1cc(C)c(C(=S)N(c2ccccc2F)C(Cl)(Cl)Cl)s1. The quantitative estimate of drug-likeness (QED) is 0.355. The third-order valence-electron chi connectivity index (χ3n) is 2.79. The van der Waals surface area contributed by atoms with Gasteiger partial charge < -0.3 is 0 Å². The van der Waals surface area contributed by atoms with Gasteiger partial charge in [0, 0.05) is 4.88 Å². The van der Waals surface area contributed by atoms with Gasteiger partial charge in [0.05, 0.1) is 10.6 Å². The molecule has 1 aromatic heterocycles. The number of nitrogens with zero attached hydrogens (tertiary/aromatic N) is 1. The summed E-state index contributed by atoms with van der Waals surface area (Å²) in [6.45, 7) is 3.88. The molecule has 21 heavy (non-hydrogen) atoms. The number of alkyl halides is 3. The van der Waals surface area contributed by atoms with Crippen LogP contribution in [0.5, 0.6) is 0 Å². The summed E-state index contributed by atoms with van der Waals surface area (Å²) >= 11 is 25.0. The molecule has 2 rings (SSSR count). The molecule has 0 aliphatic rings. The van der Waals surface area contributed by atoms with Crippen LogP contribution in [0, 0.1) is 19.7 Å². The molecule has 7 heteroatoms. The molecule has 1 aromatic carbocycles. The normalized spacial score (nSPS) is 11.5. The Morgan fingerprint density at radius 2 is 1.86 bits per heavy atom. The lowest BCUT2D eigenvalue weighted by molar-refractivity contribution is 0.626. The van der Waals surface area contributed by atoms with E-state index >= 15 is 0 Å². The van der Waals surface area contributed by atoms with Crippen LogP contribution in [0.25, 0.3) is 0 Å². The van der Waals surface area contributed by atoms with E-state index in [1.54, 1.807) is 12.1 Å². The Bertz CT molecular complexity index is 679. The smallest absolute Gasteiger partial charge is 0.273 e. The number of thiophene rings is 1. The zero-order chi connectivity index (χ0) is 15.8. The Balaban J connectivity index is 2.55. The molecular weight excluding hydrogens is 372 g/mol. The largest absolute Gasteiger partial charge is 0.283 e. The van der Waals surface area contributed by atoms with Crippen LogP contribution >= 0.6 is 58.4 Å². The van der Waals surface area contributed by atoms with E-state index in [4.69, 9.17) is 47.0 Å². The molecule has 0 radical (unpaired) electrons. The van der Waals surface area contributed by atoms with Crippen LogP contribution < -0.4 is 4.90 Å². The molecule has 1 heterocycles. The number of benzene rings is 1. The first-order valence-electron chi connectivity index (χ1n) is 5.94. The number of aryl methyl sites for hydroxylation is 2. The predicted octanol–water partition coefficient (Wildman–Crippen LogP) is 6.01. The first-order chi connectivity index (χ1) is 9.71. The van der Waals surface area contributed by atoms with Gasteiger partial charge in [-0.25, -0.2) is 4.39 Å². The van der Waals surface area contributed by atoms with Crippen molar-refractivity contribution in [3.05, 3.63) is 51.5 Å². The van der Waals surface area contributed by atoms with Crippen LogP contribution in [0.1, 0.15) is 15.3 Å². The van der Waals surface area contributed by atoms with E-state index in [2.05, 4.69) is 0 Å². The predicted molar refractivity (Wildman–Crippen MR) is 94.7 cm³/mol. The van der Waals surface area contributed by atoms with Gasteiger partial charge in [0.25, 0.3) is 3.92 Å². The van der Waals surface area contributed by atoms with Crippen molar-refractivity contribution >= 4 is 69.0 Å². The number of rotatable bonds is 2. The van der Waals surface area contributed by atoms with Crippen molar-refractivity contribution in [2.75, 3.05) is 4.90 Å². The second-order valence-electron chi connectivity index (χ2n) is 4.43. The zero-order valence-electron chi connectivity index (χ0n) is 11.2. The van der Waals surface area contributed by atoms with E-state index in [9.17, 15) is 4.39 Å². The number of para-hydroxylation sites is 1. The van der Waals surface area contributed by atoms with Crippen molar-refractivity contribution in [2.24, 2.45) is 0 Å². The Labute approximate surface area is 147 Å². The molecule has 0 atom stereocenters. The lowest BCUT2D eigenvalue weighted by atomic mass is 10.2. The van der Waals surface area contributed by atoms with E-state index in [1.165, 1.54) is 28.4 Å². The van der Waals surface area contributed by atoms with Gasteiger partial charge in [-0.1, -0.05) is 59.2 Å². The standard InChI is InChI=1S/C14H11Cl3FNS2/c1-8-7-9(2)21-12(8)13(20)19(14(15,16)17)11-6-4-3-5-10(11)18/h3-7H,1-2H3. The summed E-state index contributed by atoms with van der Waals surface area (Å²) < 4.78 is 12.2. The molecule has 1 nitrogen and oxygen atoms in total. The molecule has 0 aliphatic heterocycles. The fourth-order valence-electron chi connectivity index (χ4n) is 1.95. The lowest BCUT2D eigenvalue weighted by Crippen LogP contribution is -2.40. The highest BCUT2D eigenvalue weighted by Crippen LogP contribution is 2.39. The molecule has 0 amide bonds. The molecule has 0 N–H and O–H groups in total. The molecule has 0 saturated heterocycles. The van der Waals surface area contributed by atoms with Crippen LogP contribution in [0.15, 0.2) is 30.3 Å². The minimum absolute atomic E-state index is 0.132. The van der Waals surface area contributed by atoms with Gasteiger partial charge >= 0.3 is 0 Å². The second-order valence-corrected chi connectivity index (χ2v) is 8.29. The molecule has 0 aliphatic carbocycles. The van der Waals surface area contributed by atoms with Crippen molar-refractivity contribution in [2.45, 2.75) is 17.8 Å². The Morgan fingerprint density at radius 3 is 2.33 bits per heavy atom. The summed E-state index contributed by atoms with van der Waals surface area (Å²) in [7, 11) is 0. The van der Waals surface area contributed by atoms with Gasteiger partial charge in [0.2, 0.25) is 0 Å². The third kappa shape index (κ3) is 3.69. The van der Waals surface area contributed by atoms with Gasteiger partial charge in [-0.2, -0.15) is 0 Å². The van der Waals surface area contributed by atoms with Crippen LogP contribution in [-0.2, 0) is 0 Å². The summed E-state index contributed by atoms with van der Waals surface area (Å²) in [5.41, 5.74) is 1.10. The van der Waals surface area contributed by atoms with Crippen molar-refractivity contribution in [3.63, 3.8) is 0 Å². The number of thiocarbonyl (C=S) groups is 1. The van der Waals surface area contributed by atoms with Gasteiger partial charge in [0.15, 0.2) is 0 Å². The van der Waals surface area contributed by atoms with E-state index in [0.29, 0.717) is 0 Å². The fourth-order valence-corrected chi connectivity index (χ4v) is 4.10. The van der Waals surface area contributed by atoms with Crippen LogP contribution in [0.3, 0.4) is 0 Å². The highest BCUT2D eigenvalue weighted by Gasteiger charge is 2.36. The molecule has 0 unspecified atom stereocenters. The Kier molecular flexibility index (Phi) is 5.16. The highest BCUT2D eigenvalue weighted by molar-refractivity contribution is 7.81. The van der Waals surface area contributed by atoms with E-state index in [1.807, 2.05) is 19.9 Å². The van der Waals surface area contributed by atoms with E-state index in [-0.39, 0.29) is 10.7 Å². The monoisotopic (exact) mass is 381 g/mol. The second kappa shape index (κ2) is 6.39. The maximum Gasteiger partial charge on any atom is 0.273 e. The van der Waals surface area contributed by atoms with Crippen molar-refractivity contribution in [3.8, 4) is 0 Å². The summed E-state index contributed by atoms with van der Waals surface area (Å²) in [5.74, 6) is -0.503. The first kappa shape index (κ1) is 17.0. The summed E-state index contributed by atoms with van der Waals surface area (Å²) in [4.78, 5) is 3.37. The van der Waals surface area contributed by atoms with E-state index in [0.717, 1.165) is 15.3 Å². The molecule has 0 saturated carbocycles. The minimum Gasteiger partial charge on any atom is -0.283 e. The zero-order valence-corrected chi connectivity index (χ0v) is 15.1. The molecular formula is C14H11Cl3FNS2. The summed E-state index contributed by atoms with van der Waals surface area (Å²) in [6.07, 6.45) is 0. The number of hydrogen-bond donors (Lipinski definition) is 0. The molecule has 0 bridgehead atoms. The van der Waals surface area contributed by atoms with Crippen molar-refractivity contribution in [1.29, 1.82) is 0 Å². The number of halogens is 4. The maximum absolute atomic E-state index is 14.1. The average molecular weight is 383 g/mol. The van der Waals surface area contributed by atoms with Crippen LogP contribution in [0.4, 0.5) is 10.1 Å². The van der Waals surface area contributed by atoms with Crippen molar-refractivity contribution < 1.29 is 4.39 Å². The summed E-state index contributed by atoms with van der Waals surface area (Å²) in [5, 5.41) is 0. The molecule has 0 fully saturated rings. The van der Waals surface area contributed by atoms with Gasteiger partial charge in [-0.05, 0) is 37.6 Å².